The first-order valence-corrected chi connectivity index (χ1v) is 4.55. The van der Waals surface area contributed by atoms with E-state index in [0.717, 1.165) is 0 Å². The number of nitrogens with two attached hydrogens (primary N) is 2. The lowest BCUT2D eigenvalue weighted by Crippen LogP contribution is -2.25. The number of aryl methyl sites for hydroxylation is 2. The minimum absolute atomic E-state index is 0.162. The first kappa shape index (κ1) is 12.1. The van der Waals surface area contributed by atoms with Gasteiger partial charge < -0.3 is 11.5 Å². The summed E-state index contributed by atoms with van der Waals surface area (Å²) in [4.78, 5) is 0. The smallest absolute Gasteiger partial charge is 0.0134 e. The van der Waals surface area contributed by atoms with Gasteiger partial charge in [-0.15, -0.1) is 0 Å². The summed E-state index contributed by atoms with van der Waals surface area (Å²) in [5.41, 5.74) is 12.9. The van der Waals surface area contributed by atoms with Gasteiger partial charge in [0.1, 0.15) is 0 Å². The van der Waals surface area contributed by atoms with E-state index in [1.165, 1.54) is 11.1 Å². The predicted octanol–water partition coefficient (Wildman–Crippen LogP) is 1.60. The fourth-order valence-electron chi connectivity index (χ4n) is 0.663. The van der Waals surface area contributed by atoms with Gasteiger partial charge in [0.2, 0.25) is 0 Å². The maximum atomic E-state index is 5.17. The summed E-state index contributed by atoms with van der Waals surface area (Å²) in [6.45, 7) is 6.70. The molecule has 1 rings (SSSR count). The highest BCUT2D eigenvalue weighted by molar-refractivity contribution is 5.23. The third kappa shape index (κ3) is 6.31. The minimum Gasteiger partial charge on any atom is -0.329 e. The molecule has 0 aliphatic rings. The fraction of sp³-hybridized carbons (Fsp3) is 0.455. The van der Waals surface area contributed by atoms with Crippen molar-refractivity contribution in [1.29, 1.82) is 0 Å². The highest BCUT2D eigenvalue weighted by atomic mass is 14.7. The summed E-state index contributed by atoms with van der Waals surface area (Å²) in [7, 11) is 0. The lowest BCUT2D eigenvalue weighted by atomic mass is 10.1. The zero-order valence-corrected chi connectivity index (χ0v) is 8.75. The van der Waals surface area contributed by atoms with E-state index >= 15 is 0 Å². The third-order valence-corrected chi connectivity index (χ3v) is 1.80. The van der Waals surface area contributed by atoms with Crippen molar-refractivity contribution >= 4 is 0 Å². The van der Waals surface area contributed by atoms with Crippen molar-refractivity contribution in [2.24, 2.45) is 11.5 Å². The maximum absolute atomic E-state index is 5.17. The summed E-state index contributed by atoms with van der Waals surface area (Å²) in [5.74, 6) is 0. The van der Waals surface area contributed by atoms with E-state index in [1.54, 1.807) is 0 Å². The van der Waals surface area contributed by atoms with Crippen molar-refractivity contribution in [3.8, 4) is 0 Å². The largest absolute Gasteiger partial charge is 0.329 e. The molecule has 1 aromatic rings. The lowest BCUT2D eigenvalue weighted by molar-refractivity contribution is 0.752. The molecule has 0 bridgehead atoms. The number of hydrogen-bond donors (Lipinski definition) is 2. The molecule has 0 aliphatic heterocycles. The summed E-state index contributed by atoms with van der Waals surface area (Å²) < 4.78 is 0. The monoisotopic (exact) mass is 180 g/mol. The Bertz CT molecular complexity index is 210. The van der Waals surface area contributed by atoms with Crippen molar-refractivity contribution in [1.82, 2.24) is 0 Å². The van der Waals surface area contributed by atoms with Crippen LogP contribution in [0.1, 0.15) is 18.1 Å². The van der Waals surface area contributed by atoms with E-state index in [4.69, 9.17) is 11.5 Å². The van der Waals surface area contributed by atoms with E-state index in [1.807, 2.05) is 6.92 Å². The van der Waals surface area contributed by atoms with E-state index in [-0.39, 0.29) is 6.04 Å². The quantitative estimate of drug-likeness (QED) is 0.689. The van der Waals surface area contributed by atoms with Crippen LogP contribution in [-0.2, 0) is 0 Å². The molecule has 0 spiro atoms. The van der Waals surface area contributed by atoms with Crippen LogP contribution in [0.25, 0.3) is 0 Å². The molecular formula is C11H20N2. The van der Waals surface area contributed by atoms with Gasteiger partial charge in [-0.05, 0) is 31.9 Å². The Kier molecular flexibility index (Phi) is 6.20. The lowest BCUT2D eigenvalue weighted by Gasteiger charge is -1.93. The number of benzene rings is 1. The molecule has 1 unspecified atom stereocenters. The van der Waals surface area contributed by atoms with Crippen molar-refractivity contribution < 1.29 is 0 Å². The Hall–Kier alpha value is -0.860. The second-order valence-electron chi connectivity index (χ2n) is 3.30. The summed E-state index contributed by atoms with van der Waals surface area (Å²) in [6.07, 6.45) is 0. The molecule has 0 aromatic heterocycles. The minimum atomic E-state index is 0.162. The van der Waals surface area contributed by atoms with Gasteiger partial charge in [-0.1, -0.05) is 24.3 Å². The molecule has 74 valence electrons. The summed E-state index contributed by atoms with van der Waals surface area (Å²) >= 11 is 0. The molecule has 2 heteroatoms. The molecule has 13 heavy (non-hydrogen) atoms. The first-order chi connectivity index (χ1) is 6.07. The van der Waals surface area contributed by atoms with E-state index in [9.17, 15) is 0 Å². The molecule has 0 fully saturated rings. The Morgan fingerprint density at radius 3 is 1.62 bits per heavy atom. The number of rotatable bonds is 1. The highest BCUT2D eigenvalue weighted by Gasteiger charge is 1.83. The van der Waals surface area contributed by atoms with Crippen LogP contribution >= 0.6 is 0 Å². The fourth-order valence-corrected chi connectivity index (χ4v) is 0.663. The highest BCUT2D eigenvalue weighted by Crippen LogP contribution is 2.02. The molecule has 0 radical (unpaired) electrons. The van der Waals surface area contributed by atoms with Crippen LogP contribution in [0.15, 0.2) is 24.3 Å². The van der Waals surface area contributed by atoms with Gasteiger partial charge in [-0.2, -0.15) is 0 Å². The standard InChI is InChI=1S/C8H10.C3H10N2/c1-7-5-3-4-6-8(7)2;1-3(5)2-4/h3-6H,1-2H3;3H,2,4-5H2,1H3. The Morgan fingerprint density at radius 1 is 1.15 bits per heavy atom. The SMILES string of the molecule is CC(N)CN.Cc1ccccc1C. The molecule has 2 nitrogen and oxygen atoms in total. The van der Waals surface area contributed by atoms with E-state index in [2.05, 4.69) is 38.1 Å². The average Bonchev–Trinajstić information content (AvgIpc) is 2.11. The number of hydrogen-bond acceptors (Lipinski definition) is 2. The van der Waals surface area contributed by atoms with Crippen molar-refractivity contribution in [3.05, 3.63) is 35.4 Å². The van der Waals surface area contributed by atoms with Crippen molar-refractivity contribution in [3.63, 3.8) is 0 Å². The molecular weight excluding hydrogens is 160 g/mol. The molecule has 0 amide bonds. The first-order valence-electron chi connectivity index (χ1n) is 4.55. The summed E-state index contributed by atoms with van der Waals surface area (Å²) in [6, 6.07) is 8.52. The van der Waals surface area contributed by atoms with Gasteiger partial charge in [0, 0.05) is 12.6 Å². The van der Waals surface area contributed by atoms with Crippen LogP contribution in [0, 0.1) is 13.8 Å². The van der Waals surface area contributed by atoms with Gasteiger partial charge in [0.05, 0.1) is 0 Å². The molecule has 4 N–H and O–H groups in total. The average molecular weight is 180 g/mol. The van der Waals surface area contributed by atoms with Gasteiger partial charge >= 0.3 is 0 Å². The van der Waals surface area contributed by atoms with Crippen molar-refractivity contribution in [2.45, 2.75) is 26.8 Å². The zero-order chi connectivity index (χ0) is 10.3. The molecule has 1 atom stereocenters. The second kappa shape index (κ2) is 6.63. The van der Waals surface area contributed by atoms with Gasteiger partial charge in [-0.25, -0.2) is 0 Å². The van der Waals surface area contributed by atoms with Crippen LogP contribution in [0.5, 0.6) is 0 Å². The normalized spacial score (nSPS) is 11.5. The van der Waals surface area contributed by atoms with Crippen LogP contribution in [0.2, 0.25) is 0 Å². The Balaban J connectivity index is 0.000000252. The molecule has 0 heterocycles. The third-order valence-electron chi connectivity index (χ3n) is 1.80. The Morgan fingerprint density at radius 2 is 1.46 bits per heavy atom. The van der Waals surface area contributed by atoms with Crippen LogP contribution in [0.4, 0.5) is 0 Å². The summed E-state index contributed by atoms with van der Waals surface area (Å²) in [5, 5.41) is 0. The van der Waals surface area contributed by atoms with Crippen molar-refractivity contribution in [2.75, 3.05) is 6.54 Å². The van der Waals surface area contributed by atoms with Crippen LogP contribution in [-0.4, -0.2) is 12.6 Å². The van der Waals surface area contributed by atoms with Gasteiger partial charge in [0.25, 0.3) is 0 Å². The zero-order valence-electron chi connectivity index (χ0n) is 8.75. The second-order valence-corrected chi connectivity index (χ2v) is 3.30. The molecule has 0 aliphatic carbocycles. The van der Waals surface area contributed by atoms with Crippen LogP contribution in [0.3, 0.4) is 0 Å². The topological polar surface area (TPSA) is 52.0 Å². The molecule has 0 saturated carbocycles. The van der Waals surface area contributed by atoms with Gasteiger partial charge in [0.15, 0.2) is 0 Å². The van der Waals surface area contributed by atoms with Gasteiger partial charge in [-0.3, -0.25) is 0 Å². The molecule has 0 saturated heterocycles. The predicted molar refractivity (Wildman–Crippen MR) is 58.6 cm³/mol. The van der Waals surface area contributed by atoms with E-state index in [0.29, 0.717) is 6.54 Å². The molecule has 1 aromatic carbocycles. The Labute approximate surface area is 80.9 Å². The van der Waals surface area contributed by atoms with E-state index < -0.39 is 0 Å². The van der Waals surface area contributed by atoms with Crippen LogP contribution < -0.4 is 11.5 Å². The maximum Gasteiger partial charge on any atom is 0.0134 e.